The van der Waals surface area contributed by atoms with Crippen molar-refractivity contribution >= 4 is 23.6 Å². The summed E-state index contributed by atoms with van der Waals surface area (Å²) in [6.07, 6.45) is 0.0854. The molecule has 0 unspecified atom stereocenters. The van der Waals surface area contributed by atoms with Crippen molar-refractivity contribution in [2.75, 3.05) is 13.2 Å². The standard InChI is InChI=1S/C24H26N2O5/c1-16(19-6-4-3-5-7-19)26-14-21(12-23(26)29)24(30)31-15-22(28)20-10-8-18(9-11-20)13-25-17(2)27/h3-11,16,21H,12-15H2,1-2H3,(H,25,27)/t16-,21+/m1/s1. The van der Waals surface area contributed by atoms with Gasteiger partial charge in [-0.2, -0.15) is 0 Å². The minimum Gasteiger partial charge on any atom is -0.457 e. The first kappa shape index (κ1) is 22.2. The maximum atomic E-state index is 12.4. The van der Waals surface area contributed by atoms with Gasteiger partial charge in [0.25, 0.3) is 0 Å². The van der Waals surface area contributed by atoms with Crippen LogP contribution in [-0.2, 0) is 25.7 Å². The van der Waals surface area contributed by atoms with Crippen molar-refractivity contribution < 1.29 is 23.9 Å². The largest absolute Gasteiger partial charge is 0.457 e. The number of likely N-dealkylation sites (tertiary alicyclic amines) is 1. The number of esters is 1. The number of benzene rings is 2. The zero-order chi connectivity index (χ0) is 22.4. The summed E-state index contributed by atoms with van der Waals surface area (Å²) in [6, 6.07) is 16.2. The molecule has 162 valence electrons. The predicted octanol–water partition coefficient (Wildman–Crippen LogP) is 2.66. The number of hydrogen-bond donors (Lipinski definition) is 1. The third-order valence-corrected chi connectivity index (χ3v) is 5.40. The Balaban J connectivity index is 1.51. The summed E-state index contributed by atoms with van der Waals surface area (Å²) < 4.78 is 5.21. The van der Waals surface area contributed by atoms with Crippen molar-refractivity contribution in [3.63, 3.8) is 0 Å². The van der Waals surface area contributed by atoms with E-state index < -0.39 is 11.9 Å². The fourth-order valence-electron chi connectivity index (χ4n) is 3.55. The number of hydrogen-bond acceptors (Lipinski definition) is 5. The van der Waals surface area contributed by atoms with Gasteiger partial charge in [-0.3, -0.25) is 19.2 Å². The van der Waals surface area contributed by atoms with Crippen molar-refractivity contribution in [2.24, 2.45) is 5.92 Å². The number of Topliss-reactive ketones (excluding diaryl/α,β-unsaturated/α-hetero) is 1. The van der Waals surface area contributed by atoms with Crippen LogP contribution in [0.1, 0.15) is 47.8 Å². The highest BCUT2D eigenvalue weighted by Crippen LogP contribution is 2.29. The van der Waals surface area contributed by atoms with E-state index in [4.69, 9.17) is 4.74 Å². The molecular weight excluding hydrogens is 396 g/mol. The fourth-order valence-corrected chi connectivity index (χ4v) is 3.55. The number of carbonyl (C=O) groups is 4. The Hall–Kier alpha value is -3.48. The maximum Gasteiger partial charge on any atom is 0.311 e. The van der Waals surface area contributed by atoms with E-state index in [1.54, 1.807) is 29.2 Å². The highest BCUT2D eigenvalue weighted by molar-refractivity contribution is 5.98. The Bertz CT molecular complexity index is 956. The SMILES string of the molecule is CC(=O)NCc1ccc(C(=O)COC(=O)[C@H]2CC(=O)N([C@H](C)c3ccccc3)C2)cc1. The van der Waals surface area contributed by atoms with Gasteiger partial charge in [0, 0.05) is 32.0 Å². The van der Waals surface area contributed by atoms with Gasteiger partial charge in [0.15, 0.2) is 12.4 Å². The molecule has 1 saturated heterocycles. The van der Waals surface area contributed by atoms with Crippen LogP contribution in [0.15, 0.2) is 54.6 Å². The van der Waals surface area contributed by atoms with Crippen molar-refractivity contribution in [2.45, 2.75) is 32.9 Å². The number of rotatable bonds is 8. The highest BCUT2D eigenvalue weighted by Gasteiger charge is 2.38. The molecule has 2 aromatic carbocycles. The maximum absolute atomic E-state index is 12.4. The lowest BCUT2D eigenvalue weighted by Crippen LogP contribution is -2.30. The Morgan fingerprint density at radius 1 is 1.10 bits per heavy atom. The van der Waals surface area contributed by atoms with Gasteiger partial charge in [0.2, 0.25) is 11.8 Å². The van der Waals surface area contributed by atoms with Crippen LogP contribution >= 0.6 is 0 Å². The number of amides is 2. The molecule has 31 heavy (non-hydrogen) atoms. The van der Waals surface area contributed by atoms with Gasteiger partial charge in [0.1, 0.15) is 0 Å². The van der Waals surface area contributed by atoms with E-state index in [1.807, 2.05) is 37.3 Å². The van der Waals surface area contributed by atoms with Crippen LogP contribution in [0.5, 0.6) is 0 Å². The molecule has 1 N–H and O–H groups in total. The summed E-state index contributed by atoms with van der Waals surface area (Å²) in [5.74, 6) is -1.66. The number of ether oxygens (including phenoxy) is 1. The summed E-state index contributed by atoms with van der Waals surface area (Å²) >= 11 is 0. The Morgan fingerprint density at radius 2 is 1.77 bits per heavy atom. The monoisotopic (exact) mass is 422 g/mol. The second-order valence-corrected chi connectivity index (χ2v) is 7.67. The molecular formula is C24H26N2O5. The minimum atomic E-state index is -0.577. The average molecular weight is 422 g/mol. The molecule has 0 spiro atoms. The number of ketones is 1. The van der Waals surface area contributed by atoms with E-state index in [2.05, 4.69) is 5.32 Å². The third kappa shape index (κ3) is 5.78. The van der Waals surface area contributed by atoms with Gasteiger partial charge in [-0.25, -0.2) is 0 Å². The van der Waals surface area contributed by atoms with E-state index in [-0.39, 0.29) is 43.2 Å². The summed E-state index contributed by atoms with van der Waals surface area (Å²) in [5, 5.41) is 2.68. The molecule has 0 aromatic heterocycles. The summed E-state index contributed by atoms with van der Waals surface area (Å²) in [6.45, 7) is 3.65. The third-order valence-electron chi connectivity index (χ3n) is 5.40. The van der Waals surface area contributed by atoms with Crippen molar-refractivity contribution in [1.82, 2.24) is 10.2 Å². The van der Waals surface area contributed by atoms with Gasteiger partial charge in [-0.05, 0) is 18.1 Å². The lowest BCUT2D eigenvalue weighted by atomic mass is 10.1. The summed E-state index contributed by atoms with van der Waals surface area (Å²) in [5.41, 5.74) is 2.28. The quantitative estimate of drug-likeness (QED) is 0.522. The first-order valence-corrected chi connectivity index (χ1v) is 10.2. The second kappa shape index (κ2) is 10.0. The van der Waals surface area contributed by atoms with Crippen LogP contribution in [0.25, 0.3) is 0 Å². The number of nitrogens with one attached hydrogen (secondary N) is 1. The van der Waals surface area contributed by atoms with Gasteiger partial charge >= 0.3 is 5.97 Å². The van der Waals surface area contributed by atoms with Crippen LogP contribution in [-0.4, -0.2) is 41.6 Å². The lowest BCUT2D eigenvalue weighted by Gasteiger charge is -2.25. The van der Waals surface area contributed by atoms with Gasteiger partial charge in [-0.1, -0.05) is 54.6 Å². The van der Waals surface area contributed by atoms with Gasteiger partial charge < -0.3 is 15.0 Å². The molecule has 1 aliphatic heterocycles. The minimum absolute atomic E-state index is 0.0854. The smallest absolute Gasteiger partial charge is 0.311 e. The zero-order valence-corrected chi connectivity index (χ0v) is 17.7. The molecule has 0 radical (unpaired) electrons. The number of carbonyl (C=O) groups excluding carboxylic acids is 4. The lowest BCUT2D eigenvalue weighted by molar-refractivity contribution is -0.147. The summed E-state index contributed by atoms with van der Waals surface area (Å²) in [4.78, 5) is 49.8. The molecule has 1 fully saturated rings. The van der Waals surface area contributed by atoms with Crippen LogP contribution in [0.3, 0.4) is 0 Å². The average Bonchev–Trinajstić information content (AvgIpc) is 3.17. The molecule has 2 amide bonds. The van der Waals surface area contributed by atoms with Crippen molar-refractivity contribution in [1.29, 1.82) is 0 Å². The molecule has 2 aromatic rings. The highest BCUT2D eigenvalue weighted by atomic mass is 16.5. The molecule has 7 heteroatoms. The van der Waals surface area contributed by atoms with Crippen molar-refractivity contribution in [3.05, 3.63) is 71.3 Å². The van der Waals surface area contributed by atoms with E-state index in [0.29, 0.717) is 12.1 Å². The Labute approximate surface area is 181 Å². The molecule has 0 saturated carbocycles. The van der Waals surface area contributed by atoms with E-state index in [9.17, 15) is 19.2 Å². The van der Waals surface area contributed by atoms with Gasteiger partial charge in [-0.15, -0.1) is 0 Å². The topological polar surface area (TPSA) is 92.8 Å². The predicted molar refractivity (Wildman–Crippen MR) is 114 cm³/mol. The van der Waals surface area contributed by atoms with Crippen LogP contribution in [0.2, 0.25) is 0 Å². The fraction of sp³-hybridized carbons (Fsp3) is 0.333. The van der Waals surface area contributed by atoms with E-state index in [1.165, 1.54) is 6.92 Å². The van der Waals surface area contributed by atoms with Crippen LogP contribution in [0, 0.1) is 5.92 Å². The number of nitrogens with zero attached hydrogens (tertiary/aromatic N) is 1. The van der Waals surface area contributed by atoms with E-state index in [0.717, 1.165) is 11.1 Å². The molecule has 3 rings (SSSR count). The molecule has 2 atom stereocenters. The van der Waals surface area contributed by atoms with Crippen molar-refractivity contribution in [3.8, 4) is 0 Å². The van der Waals surface area contributed by atoms with E-state index >= 15 is 0 Å². The zero-order valence-electron chi connectivity index (χ0n) is 17.7. The van der Waals surface area contributed by atoms with Crippen LogP contribution in [0.4, 0.5) is 0 Å². The Morgan fingerprint density at radius 3 is 2.42 bits per heavy atom. The molecule has 1 aliphatic rings. The second-order valence-electron chi connectivity index (χ2n) is 7.67. The molecule has 7 nitrogen and oxygen atoms in total. The van der Waals surface area contributed by atoms with Crippen LogP contribution < -0.4 is 5.32 Å². The molecule has 1 heterocycles. The normalized spacial score (nSPS) is 16.6. The first-order chi connectivity index (χ1) is 14.8. The first-order valence-electron chi connectivity index (χ1n) is 10.2. The van der Waals surface area contributed by atoms with Gasteiger partial charge in [0.05, 0.1) is 12.0 Å². The molecule has 0 aliphatic carbocycles. The Kier molecular flexibility index (Phi) is 7.18. The summed E-state index contributed by atoms with van der Waals surface area (Å²) in [7, 11) is 0. The molecule has 0 bridgehead atoms.